The van der Waals surface area contributed by atoms with Gasteiger partial charge >= 0.3 is 0 Å². The van der Waals surface area contributed by atoms with Gasteiger partial charge in [0.05, 0.1) is 11.4 Å². The quantitative estimate of drug-likeness (QED) is 0.411. The highest BCUT2D eigenvalue weighted by atomic mass is 19.1. The second kappa shape index (κ2) is 9.05. The van der Waals surface area contributed by atoms with Crippen LogP contribution in [0.15, 0.2) is 84.1 Å². The average molecular weight is 337 g/mol. The number of allylic oxidation sites excluding steroid dienone is 2. The lowest BCUT2D eigenvalue weighted by molar-refractivity contribution is -0.496. The Balaban J connectivity index is 2.08. The molecule has 25 heavy (non-hydrogen) atoms. The van der Waals surface area contributed by atoms with Crippen molar-refractivity contribution < 1.29 is 14.5 Å². The van der Waals surface area contributed by atoms with E-state index in [2.05, 4.69) is 4.99 Å². The van der Waals surface area contributed by atoms with Crippen molar-refractivity contribution in [1.29, 1.82) is 5.41 Å². The summed E-state index contributed by atoms with van der Waals surface area (Å²) in [6.07, 6.45) is 5.41. The number of ketones is 1. The van der Waals surface area contributed by atoms with E-state index < -0.39 is 5.78 Å². The number of rotatable bonds is 7. The Labute approximate surface area is 144 Å². The molecule has 0 aromatic heterocycles. The fraction of sp³-hybridized carbons (Fsp3) is 0. The summed E-state index contributed by atoms with van der Waals surface area (Å²) in [5, 5.41) is 9.66. The molecule has 2 rings (SSSR count). The Hall–Kier alpha value is -3.38. The van der Waals surface area contributed by atoms with Gasteiger partial charge in [0.25, 0.3) is 0 Å². The van der Waals surface area contributed by atoms with Crippen molar-refractivity contribution in [2.75, 3.05) is 0 Å². The molecule has 0 amide bonds. The van der Waals surface area contributed by atoms with Crippen LogP contribution in [0.5, 0.6) is 0 Å². The Morgan fingerprint density at radius 2 is 1.76 bits per heavy atom. The zero-order valence-corrected chi connectivity index (χ0v) is 13.4. The highest BCUT2D eigenvalue weighted by Crippen LogP contribution is 2.11. The second-order valence-electron chi connectivity index (χ2n) is 5.01. The predicted molar refractivity (Wildman–Crippen MR) is 96.7 cm³/mol. The molecule has 2 aromatic carbocycles. The maximum Gasteiger partial charge on any atom is 0.210 e. The van der Waals surface area contributed by atoms with Crippen molar-refractivity contribution in [1.82, 2.24) is 0 Å². The molecule has 2 aromatic rings. The third-order valence-corrected chi connectivity index (χ3v) is 3.17. The molecule has 5 nitrogen and oxygen atoms in total. The van der Waals surface area contributed by atoms with Crippen LogP contribution in [0.3, 0.4) is 0 Å². The van der Waals surface area contributed by atoms with Crippen molar-refractivity contribution in [2.45, 2.75) is 0 Å². The van der Waals surface area contributed by atoms with Gasteiger partial charge in [-0.25, -0.2) is 9.38 Å². The molecular weight excluding hydrogens is 319 g/mol. The van der Waals surface area contributed by atoms with E-state index in [4.69, 9.17) is 11.1 Å². The van der Waals surface area contributed by atoms with Gasteiger partial charge in [-0.3, -0.25) is 15.5 Å². The molecular formula is C19H18FN4O+. The molecule has 0 bridgehead atoms. The Morgan fingerprint density at radius 3 is 2.40 bits per heavy atom. The number of carbonyl (C=O) groups excluding carboxylic acids is 1. The van der Waals surface area contributed by atoms with E-state index in [9.17, 15) is 9.18 Å². The van der Waals surface area contributed by atoms with Crippen LogP contribution in [-0.2, 0) is 4.79 Å². The van der Waals surface area contributed by atoms with E-state index >= 15 is 0 Å². The molecule has 0 spiro atoms. The Bertz CT molecular complexity index is 824. The lowest BCUT2D eigenvalue weighted by Crippen LogP contribution is -2.71. The first kappa shape index (κ1) is 18.0. The maximum absolute atomic E-state index is 12.8. The first-order valence-corrected chi connectivity index (χ1v) is 7.52. The molecule has 0 aliphatic heterocycles. The zero-order valence-electron chi connectivity index (χ0n) is 13.4. The third kappa shape index (κ3) is 5.63. The highest BCUT2D eigenvalue weighted by molar-refractivity contribution is 6.70. The van der Waals surface area contributed by atoms with Gasteiger partial charge in [0.1, 0.15) is 23.4 Å². The Kier molecular flexibility index (Phi) is 6.50. The summed E-state index contributed by atoms with van der Waals surface area (Å²) >= 11 is 0. The van der Waals surface area contributed by atoms with E-state index in [0.29, 0.717) is 5.69 Å². The normalized spacial score (nSPS) is 12.0. The van der Waals surface area contributed by atoms with E-state index in [1.165, 1.54) is 36.7 Å². The zero-order chi connectivity index (χ0) is 18.1. The predicted octanol–water partition coefficient (Wildman–Crippen LogP) is 2.37. The number of hydrogen-bond acceptors (Lipinski definition) is 4. The number of quaternary nitrogens is 1. The van der Waals surface area contributed by atoms with Gasteiger partial charge in [-0.15, -0.1) is 0 Å². The molecule has 0 saturated heterocycles. The van der Waals surface area contributed by atoms with Crippen molar-refractivity contribution in [2.24, 2.45) is 10.7 Å². The fourth-order valence-corrected chi connectivity index (χ4v) is 1.94. The fourth-order valence-electron chi connectivity index (χ4n) is 1.94. The van der Waals surface area contributed by atoms with E-state index in [-0.39, 0.29) is 17.2 Å². The summed E-state index contributed by atoms with van der Waals surface area (Å²) < 4.78 is 12.8. The van der Waals surface area contributed by atoms with E-state index in [1.807, 2.05) is 18.2 Å². The van der Waals surface area contributed by atoms with Crippen LogP contribution < -0.4 is 11.1 Å². The molecule has 0 aliphatic carbocycles. The first-order chi connectivity index (χ1) is 12.1. The largest absolute Gasteiger partial charge is 0.405 e. The van der Waals surface area contributed by atoms with Gasteiger partial charge in [0.2, 0.25) is 5.78 Å². The number of benzene rings is 2. The van der Waals surface area contributed by atoms with Crippen LogP contribution in [0.1, 0.15) is 0 Å². The topological polar surface area (TPSA) is 95.9 Å². The van der Waals surface area contributed by atoms with Crippen LogP contribution in [0.2, 0.25) is 0 Å². The van der Waals surface area contributed by atoms with E-state index in [0.717, 1.165) is 5.69 Å². The number of hydrogen-bond donors (Lipinski definition) is 3. The second-order valence-corrected chi connectivity index (χ2v) is 5.01. The maximum atomic E-state index is 12.8. The first-order valence-electron chi connectivity index (χ1n) is 7.52. The molecule has 5 N–H and O–H groups in total. The molecule has 0 atom stereocenters. The molecule has 0 radical (unpaired) electrons. The summed E-state index contributed by atoms with van der Waals surface area (Å²) in [6, 6.07) is 14.9. The summed E-state index contributed by atoms with van der Waals surface area (Å²) in [4.78, 5) is 16.4. The molecule has 0 unspecified atom stereocenters. The molecule has 126 valence electrons. The minimum Gasteiger partial charge on any atom is -0.405 e. The minimum absolute atomic E-state index is 0.171. The van der Waals surface area contributed by atoms with Crippen molar-refractivity contribution in [3.8, 4) is 0 Å². The smallest absolute Gasteiger partial charge is 0.210 e. The number of para-hydroxylation sites is 1. The number of nitrogens with two attached hydrogens (primary N) is 2. The Morgan fingerprint density at radius 1 is 1.08 bits per heavy atom. The summed E-state index contributed by atoms with van der Waals surface area (Å²) in [7, 11) is 0. The lowest BCUT2D eigenvalue weighted by atomic mass is 10.1. The number of nitrogens with zero attached hydrogens (tertiary/aromatic N) is 1. The summed E-state index contributed by atoms with van der Waals surface area (Å²) in [6.45, 7) is 0. The third-order valence-electron chi connectivity index (χ3n) is 3.17. The number of aliphatic imine (C=N–C) groups is 1. The van der Waals surface area contributed by atoms with Gasteiger partial charge in [-0.05, 0) is 36.5 Å². The lowest BCUT2D eigenvalue weighted by Gasteiger charge is -2.01. The molecule has 0 saturated carbocycles. The SMILES string of the molecule is N=C(C(=O)C=C[NH2+]c1ccc(F)cc1)C(C=CN)=Nc1ccccc1. The standard InChI is InChI=1S/C19H17FN4O/c20-14-6-8-15(9-7-14)23-13-11-18(25)19(22)17(10-12-21)24-16-4-2-1-3-5-16/h1-13,22-23H,21H2/p+1. The van der Waals surface area contributed by atoms with Gasteiger partial charge in [0.15, 0.2) is 0 Å². The summed E-state index contributed by atoms with van der Waals surface area (Å²) in [5.74, 6) is -0.833. The monoisotopic (exact) mass is 337 g/mol. The average Bonchev–Trinajstić information content (AvgIpc) is 2.63. The van der Waals surface area contributed by atoms with Crippen LogP contribution in [0.25, 0.3) is 0 Å². The molecule has 0 aliphatic rings. The van der Waals surface area contributed by atoms with Gasteiger partial charge in [0, 0.05) is 18.2 Å². The van der Waals surface area contributed by atoms with Crippen molar-refractivity contribution >= 4 is 28.6 Å². The van der Waals surface area contributed by atoms with Crippen LogP contribution >= 0.6 is 0 Å². The molecule has 0 fully saturated rings. The van der Waals surface area contributed by atoms with Crippen LogP contribution in [0.4, 0.5) is 15.8 Å². The van der Waals surface area contributed by atoms with Crippen molar-refractivity contribution in [3.63, 3.8) is 0 Å². The number of nitrogens with one attached hydrogen (secondary N) is 1. The van der Waals surface area contributed by atoms with E-state index in [1.54, 1.807) is 29.6 Å². The van der Waals surface area contributed by atoms with Crippen molar-refractivity contribution in [3.05, 3.63) is 85.0 Å². The van der Waals surface area contributed by atoms with Crippen LogP contribution in [-0.4, -0.2) is 17.2 Å². The highest BCUT2D eigenvalue weighted by Gasteiger charge is 2.12. The number of halogens is 1. The van der Waals surface area contributed by atoms with Gasteiger partial charge in [-0.1, -0.05) is 18.2 Å². The molecule has 0 heterocycles. The summed E-state index contributed by atoms with van der Waals surface area (Å²) in [5.41, 5.74) is 6.66. The number of carbonyl (C=O) groups is 1. The van der Waals surface area contributed by atoms with Gasteiger partial charge < -0.3 is 5.73 Å². The molecule has 6 heteroatoms. The minimum atomic E-state index is -0.508. The van der Waals surface area contributed by atoms with Crippen LogP contribution in [0, 0.1) is 11.2 Å². The van der Waals surface area contributed by atoms with Gasteiger partial charge in [-0.2, -0.15) is 0 Å².